The molecule has 0 unspecified atom stereocenters. The Morgan fingerprint density at radius 2 is 1.81 bits per heavy atom. The van der Waals surface area contributed by atoms with E-state index < -0.39 is 0 Å². The molecule has 0 saturated heterocycles. The average molecular weight is 376 g/mol. The van der Waals surface area contributed by atoms with Gasteiger partial charge in [0.2, 0.25) is 5.78 Å². The number of hydrogen-bond acceptors (Lipinski definition) is 3. The number of nitrogens with zero attached hydrogens (tertiary/aromatic N) is 3. The van der Waals surface area contributed by atoms with E-state index in [9.17, 15) is 10.1 Å². The van der Waals surface area contributed by atoms with Gasteiger partial charge in [0.05, 0.1) is 12.2 Å². The Balaban J connectivity index is 1.97. The number of hydrogen-bond donors (Lipinski definition) is 0. The molecule has 4 nitrogen and oxygen atoms in total. The summed E-state index contributed by atoms with van der Waals surface area (Å²) in [4.78, 5) is 12.8. The number of halogens is 1. The van der Waals surface area contributed by atoms with Crippen LogP contribution in [0.2, 0.25) is 5.15 Å². The molecule has 0 amide bonds. The van der Waals surface area contributed by atoms with Gasteiger partial charge in [0.1, 0.15) is 16.8 Å². The highest BCUT2D eigenvalue weighted by molar-refractivity contribution is 6.31. The van der Waals surface area contributed by atoms with Crippen LogP contribution in [0.4, 0.5) is 0 Å². The zero-order chi connectivity index (χ0) is 19.4. The predicted octanol–water partition coefficient (Wildman–Crippen LogP) is 4.99. The van der Waals surface area contributed by atoms with Crippen molar-refractivity contribution in [3.63, 3.8) is 0 Å². The van der Waals surface area contributed by atoms with E-state index in [0.29, 0.717) is 28.5 Å². The fraction of sp³-hybridized carbons (Fsp3) is 0.136. The highest BCUT2D eigenvalue weighted by Gasteiger charge is 2.18. The minimum absolute atomic E-state index is 0.0357. The minimum atomic E-state index is -0.318. The zero-order valence-corrected chi connectivity index (χ0v) is 15.9. The maximum atomic E-state index is 12.8. The molecule has 3 rings (SSSR count). The van der Waals surface area contributed by atoms with Crippen molar-refractivity contribution in [2.45, 2.75) is 20.4 Å². The number of ketones is 1. The van der Waals surface area contributed by atoms with Gasteiger partial charge in [-0.3, -0.25) is 4.79 Å². The van der Waals surface area contributed by atoms with Crippen LogP contribution in [-0.2, 0) is 6.54 Å². The highest BCUT2D eigenvalue weighted by atomic mass is 35.5. The topological polar surface area (TPSA) is 58.7 Å². The van der Waals surface area contributed by atoms with Crippen LogP contribution < -0.4 is 0 Å². The van der Waals surface area contributed by atoms with Crippen LogP contribution in [0.3, 0.4) is 0 Å². The van der Waals surface area contributed by atoms with Crippen LogP contribution in [-0.4, -0.2) is 15.6 Å². The van der Waals surface area contributed by atoms with Crippen molar-refractivity contribution in [2.24, 2.45) is 0 Å². The second-order valence-corrected chi connectivity index (χ2v) is 6.61. The first-order valence-electron chi connectivity index (χ1n) is 8.50. The van der Waals surface area contributed by atoms with Gasteiger partial charge in [0.15, 0.2) is 0 Å². The Morgan fingerprint density at radius 3 is 2.48 bits per heavy atom. The molecular weight excluding hydrogens is 358 g/mol. The van der Waals surface area contributed by atoms with Gasteiger partial charge in [-0.25, -0.2) is 4.68 Å². The second kappa shape index (κ2) is 8.03. The molecule has 0 spiro atoms. The van der Waals surface area contributed by atoms with Crippen molar-refractivity contribution in [1.82, 2.24) is 9.78 Å². The van der Waals surface area contributed by atoms with Gasteiger partial charge in [-0.2, -0.15) is 10.4 Å². The van der Waals surface area contributed by atoms with Crippen molar-refractivity contribution in [3.05, 3.63) is 93.3 Å². The van der Waals surface area contributed by atoms with E-state index in [-0.39, 0.29) is 11.4 Å². The number of allylic oxidation sites excluding steroid dienone is 1. The van der Waals surface area contributed by atoms with Crippen molar-refractivity contribution in [2.75, 3.05) is 0 Å². The van der Waals surface area contributed by atoms with Crippen LogP contribution in [0, 0.1) is 25.2 Å². The third kappa shape index (κ3) is 3.99. The van der Waals surface area contributed by atoms with Crippen molar-refractivity contribution in [1.29, 1.82) is 5.26 Å². The summed E-state index contributed by atoms with van der Waals surface area (Å²) in [7, 11) is 0. The van der Waals surface area contributed by atoms with Crippen molar-refractivity contribution < 1.29 is 4.79 Å². The first-order valence-corrected chi connectivity index (χ1v) is 8.88. The molecular formula is C22H18ClN3O. The third-order valence-corrected chi connectivity index (χ3v) is 4.73. The molecule has 134 valence electrons. The maximum Gasteiger partial charge on any atom is 0.203 e. The summed E-state index contributed by atoms with van der Waals surface area (Å²) in [5.41, 5.74) is 3.69. The minimum Gasteiger partial charge on any atom is -0.288 e. The van der Waals surface area contributed by atoms with Gasteiger partial charge in [0, 0.05) is 11.1 Å². The Hall–Kier alpha value is -3.16. The molecule has 0 aliphatic carbocycles. The number of aromatic nitrogens is 2. The molecule has 1 heterocycles. The van der Waals surface area contributed by atoms with Gasteiger partial charge in [0.25, 0.3) is 0 Å². The fourth-order valence-corrected chi connectivity index (χ4v) is 3.15. The Labute approximate surface area is 163 Å². The molecule has 0 bridgehead atoms. The molecule has 1 aromatic heterocycles. The lowest BCUT2D eigenvalue weighted by atomic mass is 9.98. The number of rotatable bonds is 5. The lowest BCUT2D eigenvalue weighted by molar-refractivity contribution is 0.103. The smallest absolute Gasteiger partial charge is 0.203 e. The van der Waals surface area contributed by atoms with Gasteiger partial charge in [-0.05, 0) is 31.1 Å². The first-order chi connectivity index (χ1) is 13.0. The van der Waals surface area contributed by atoms with Gasteiger partial charge < -0.3 is 0 Å². The van der Waals surface area contributed by atoms with Gasteiger partial charge in [-0.1, -0.05) is 66.2 Å². The molecule has 0 N–H and O–H groups in total. The van der Waals surface area contributed by atoms with Crippen LogP contribution >= 0.6 is 11.6 Å². The molecule has 27 heavy (non-hydrogen) atoms. The van der Waals surface area contributed by atoms with Crippen LogP contribution in [0.25, 0.3) is 6.08 Å². The number of carbonyl (C=O) groups excluding carboxylic acids is 1. The Kier molecular flexibility index (Phi) is 5.54. The van der Waals surface area contributed by atoms with Crippen molar-refractivity contribution in [3.8, 4) is 6.07 Å². The lowest BCUT2D eigenvalue weighted by Crippen LogP contribution is -2.04. The van der Waals surface area contributed by atoms with Crippen LogP contribution in [0.1, 0.15) is 32.7 Å². The lowest BCUT2D eigenvalue weighted by Gasteiger charge is -2.04. The van der Waals surface area contributed by atoms with E-state index in [1.165, 1.54) is 6.08 Å². The number of nitriles is 1. The maximum absolute atomic E-state index is 12.8. The number of carbonyl (C=O) groups is 1. The quantitative estimate of drug-likeness (QED) is 0.358. The molecule has 0 atom stereocenters. The Morgan fingerprint density at radius 1 is 1.15 bits per heavy atom. The summed E-state index contributed by atoms with van der Waals surface area (Å²) in [5, 5.41) is 14.4. The molecule has 0 fully saturated rings. The highest BCUT2D eigenvalue weighted by Crippen LogP contribution is 2.25. The van der Waals surface area contributed by atoms with Gasteiger partial charge in [-0.15, -0.1) is 0 Å². The second-order valence-electron chi connectivity index (χ2n) is 6.25. The standard InChI is InChI=1S/C22H18ClN3O/c1-15-8-6-7-11-19(15)21(27)18(13-24)12-20-16(2)25-26(22(20)23)14-17-9-4-3-5-10-17/h3-12H,14H2,1-2H3/b18-12+. The third-order valence-electron chi connectivity index (χ3n) is 4.33. The van der Waals surface area contributed by atoms with Gasteiger partial charge >= 0.3 is 0 Å². The average Bonchev–Trinajstić information content (AvgIpc) is 2.93. The number of benzene rings is 2. The van der Waals surface area contributed by atoms with Crippen LogP contribution in [0.15, 0.2) is 60.2 Å². The predicted molar refractivity (Wildman–Crippen MR) is 107 cm³/mol. The van der Waals surface area contributed by atoms with Crippen molar-refractivity contribution >= 4 is 23.5 Å². The molecule has 0 radical (unpaired) electrons. The number of Topliss-reactive ketones (excluding diaryl/α,β-unsaturated/α-hetero) is 1. The summed E-state index contributed by atoms with van der Waals surface area (Å²) >= 11 is 6.50. The zero-order valence-electron chi connectivity index (χ0n) is 15.1. The summed E-state index contributed by atoms with van der Waals surface area (Å²) in [5.74, 6) is -0.318. The monoisotopic (exact) mass is 375 g/mol. The SMILES string of the molecule is Cc1ccccc1C(=O)/C(C#N)=C/c1c(C)nn(Cc2ccccc2)c1Cl. The van der Waals surface area contributed by atoms with E-state index in [1.807, 2.05) is 62.4 Å². The molecule has 3 aromatic rings. The first kappa shape index (κ1) is 18.6. The number of aryl methyl sites for hydroxylation is 2. The largest absolute Gasteiger partial charge is 0.288 e. The fourth-order valence-electron chi connectivity index (χ4n) is 2.86. The summed E-state index contributed by atoms with van der Waals surface area (Å²) in [6.45, 7) is 4.17. The molecule has 2 aromatic carbocycles. The van der Waals surface area contributed by atoms with Crippen LogP contribution in [0.5, 0.6) is 0 Å². The van der Waals surface area contributed by atoms with E-state index in [4.69, 9.17) is 11.6 Å². The van der Waals surface area contributed by atoms with E-state index >= 15 is 0 Å². The van der Waals surface area contributed by atoms with E-state index in [1.54, 1.807) is 16.8 Å². The molecule has 0 aliphatic heterocycles. The summed E-state index contributed by atoms with van der Waals surface area (Å²) < 4.78 is 1.67. The normalized spacial score (nSPS) is 11.3. The van der Waals surface area contributed by atoms with E-state index in [2.05, 4.69) is 5.10 Å². The summed E-state index contributed by atoms with van der Waals surface area (Å²) in [6, 6.07) is 19.0. The Bertz CT molecular complexity index is 1060. The summed E-state index contributed by atoms with van der Waals surface area (Å²) in [6.07, 6.45) is 1.53. The van der Waals surface area contributed by atoms with E-state index in [0.717, 1.165) is 11.1 Å². The molecule has 5 heteroatoms. The molecule has 0 saturated carbocycles. The molecule has 0 aliphatic rings.